The summed E-state index contributed by atoms with van der Waals surface area (Å²) in [4.78, 5) is 11.5. The molecular formula is C10H17NO. The largest absolute Gasteiger partial charge is 0.310 e. The summed E-state index contributed by atoms with van der Waals surface area (Å²) in [6.07, 6.45) is 6.39. The third-order valence-corrected chi connectivity index (χ3v) is 3.31. The summed E-state index contributed by atoms with van der Waals surface area (Å²) < 4.78 is 0. The summed E-state index contributed by atoms with van der Waals surface area (Å²) >= 11 is 0. The molecule has 0 aromatic carbocycles. The molecule has 1 N–H and O–H groups in total. The lowest BCUT2D eigenvalue weighted by atomic mass is 9.83. The molecule has 12 heavy (non-hydrogen) atoms. The van der Waals surface area contributed by atoms with Crippen LogP contribution in [0.5, 0.6) is 0 Å². The minimum atomic E-state index is 0.411. The number of ketones is 1. The first-order valence-electron chi connectivity index (χ1n) is 5.11. The molecule has 1 aliphatic carbocycles. The number of hydrogen-bond donors (Lipinski definition) is 1. The molecule has 2 nitrogen and oxygen atoms in total. The van der Waals surface area contributed by atoms with Gasteiger partial charge in [-0.2, -0.15) is 0 Å². The smallest absolute Gasteiger partial charge is 0.150 e. The van der Waals surface area contributed by atoms with Crippen molar-refractivity contribution in [3.05, 3.63) is 0 Å². The molecule has 1 heterocycles. The Labute approximate surface area is 73.7 Å². The maximum Gasteiger partial charge on any atom is 0.150 e. The standard InChI is InChI=1S/C10H17NO/c12-10-7-11-6-5-9(10)8-3-1-2-4-8/h8-9,11H,1-7H2. The third-order valence-electron chi connectivity index (χ3n) is 3.31. The summed E-state index contributed by atoms with van der Waals surface area (Å²) in [6.45, 7) is 1.67. The van der Waals surface area contributed by atoms with E-state index in [-0.39, 0.29) is 0 Å². The van der Waals surface area contributed by atoms with Gasteiger partial charge in [0.25, 0.3) is 0 Å². The predicted molar refractivity (Wildman–Crippen MR) is 47.9 cm³/mol. The van der Waals surface area contributed by atoms with Crippen LogP contribution in [0.15, 0.2) is 0 Å². The first kappa shape index (κ1) is 8.24. The van der Waals surface area contributed by atoms with Gasteiger partial charge in [0.15, 0.2) is 0 Å². The van der Waals surface area contributed by atoms with Gasteiger partial charge >= 0.3 is 0 Å². The fourth-order valence-corrected chi connectivity index (χ4v) is 2.62. The number of piperidine rings is 1. The second kappa shape index (κ2) is 3.56. The van der Waals surface area contributed by atoms with Crippen molar-refractivity contribution in [3.8, 4) is 0 Å². The van der Waals surface area contributed by atoms with Gasteiger partial charge in [0.05, 0.1) is 6.54 Å². The van der Waals surface area contributed by atoms with E-state index in [1.807, 2.05) is 0 Å². The predicted octanol–water partition coefficient (Wildman–Crippen LogP) is 1.36. The molecule has 0 spiro atoms. The van der Waals surface area contributed by atoms with E-state index in [1.165, 1.54) is 25.7 Å². The first-order chi connectivity index (χ1) is 5.88. The highest BCUT2D eigenvalue weighted by atomic mass is 16.1. The number of rotatable bonds is 1. The maximum absolute atomic E-state index is 11.5. The van der Waals surface area contributed by atoms with Gasteiger partial charge in [-0.05, 0) is 31.7 Å². The van der Waals surface area contributed by atoms with Crippen LogP contribution >= 0.6 is 0 Å². The van der Waals surface area contributed by atoms with E-state index in [2.05, 4.69) is 5.32 Å². The average molecular weight is 167 g/mol. The Morgan fingerprint density at radius 1 is 1.17 bits per heavy atom. The van der Waals surface area contributed by atoms with Gasteiger partial charge in [-0.15, -0.1) is 0 Å². The van der Waals surface area contributed by atoms with E-state index < -0.39 is 0 Å². The Morgan fingerprint density at radius 3 is 2.58 bits per heavy atom. The Kier molecular flexibility index (Phi) is 2.45. The number of hydrogen-bond acceptors (Lipinski definition) is 2. The Morgan fingerprint density at radius 2 is 1.92 bits per heavy atom. The lowest BCUT2D eigenvalue weighted by Gasteiger charge is -2.26. The van der Waals surface area contributed by atoms with Crippen molar-refractivity contribution < 1.29 is 4.79 Å². The molecule has 2 fully saturated rings. The van der Waals surface area contributed by atoms with Crippen molar-refractivity contribution in [2.75, 3.05) is 13.1 Å². The number of nitrogens with one attached hydrogen (secondary N) is 1. The van der Waals surface area contributed by atoms with Gasteiger partial charge in [-0.1, -0.05) is 12.8 Å². The lowest BCUT2D eigenvalue weighted by molar-refractivity contribution is -0.125. The molecule has 2 rings (SSSR count). The summed E-state index contributed by atoms with van der Waals surface area (Å²) in [5.74, 6) is 1.61. The molecule has 0 aromatic heterocycles. The molecule has 1 aliphatic heterocycles. The normalized spacial score (nSPS) is 32.7. The van der Waals surface area contributed by atoms with Crippen LogP contribution < -0.4 is 5.32 Å². The van der Waals surface area contributed by atoms with Crippen LogP contribution in [0.25, 0.3) is 0 Å². The van der Waals surface area contributed by atoms with Gasteiger partial charge in [0, 0.05) is 5.92 Å². The summed E-state index contributed by atoms with van der Waals surface area (Å²) in [5.41, 5.74) is 0. The highest BCUT2D eigenvalue weighted by molar-refractivity contribution is 5.83. The van der Waals surface area contributed by atoms with E-state index in [0.29, 0.717) is 18.2 Å². The van der Waals surface area contributed by atoms with Gasteiger partial charge in [-0.3, -0.25) is 4.79 Å². The van der Waals surface area contributed by atoms with Gasteiger partial charge < -0.3 is 5.32 Å². The van der Waals surface area contributed by atoms with E-state index in [0.717, 1.165) is 18.9 Å². The monoisotopic (exact) mass is 167 g/mol. The lowest BCUT2D eigenvalue weighted by Crippen LogP contribution is -2.39. The first-order valence-corrected chi connectivity index (χ1v) is 5.11. The Hall–Kier alpha value is -0.370. The van der Waals surface area contributed by atoms with Crippen LogP contribution in [0.3, 0.4) is 0 Å². The Balaban J connectivity index is 1.95. The molecule has 68 valence electrons. The van der Waals surface area contributed by atoms with Gasteiger partial charge in [-0.25, -0.2) is 0 Å². The van der Waals surface area contributed by atoms with Crippen molar-refractivity contribution in [3.63, 3.8) is 0 Å². The molecule has 0 aromatic rings. The molecule has 1 atom stereocenters. The maximum atomic E-state index is 11.5. The fourth-order valence-electron chi connectivity index (χ4n) is 2.62. The SMILES string of the molecule is O=C1CNCCC1C1CCCC1. The van der Waals surface area contributed by atoms with Gasteiger partial charge in [0.1, 0.15) is 5.78 Å². The average Bonchev–Trinajstić information content (AvgIpc) is 2.57. The second-order valence-electron chi connectivity index (χ2n) is 4.08. The zero-order valence-corrected chi connectivity index (χ0v) is 7.51. The molecule has 1 saturated carbocycles. The van der Waals surface area contributed by atoms with Crippen molar-refractivity contribution in [1.29, 1.82) is 0 Å². The van der Waals surface area contributed by atoms with Crippen LogP contribution in [0.2, 0.25) is 0 Å². The second-order valence-corrected chi connectivity index (χ2v) is 4.08. The van der Waals surface area contributed by atoms with Crippen LogP contribution in [-0.4, -0.2) is 18.9 Å². The topological polar surface area (TPSA) is 29.1 Å². The zero-order chi connectivity index (χ0) is 8.39. The van der Waals surface area contributed by atoms with Crippen LogP contribution in [-0.2, 0) is 4.79 Å². The van der Waals surface area contributed by atoms with E-state index in [9.17, 15) is 4.79 Å². The van der Waals surface area contributed by atoms with Crippen molar-refractivity contribution >= 4 is 5.78 Å². The van der Waals surface area contributed by atoms with Gasteiger partial charge in [0.2, 0.25) is 0 Å². The summed E-state index contributed by atoms with van der Waals surface area (Å²) in [7, 11) is 0. The quantitative estimate of drug-likeness (QED) is 0.639. The number of Topliss-reactive ketones (excluding diaryl/α,β-unsaturated/α-hetero) is 1. The van der Waals surface area contributed by atoms with E-state index in [4.69, 9.17) is 0 Å². The molecule has 0 bridgehead atoms. The molecule has 0 amide bonds. The highest BCUT2D eigenvalue weighted by Crippen LogP contribution is 2.34. The summed E-state index contributed by atoms with van der Waals surface area (Å²) in [6, 6.07) is 0. The van der Waals surface area contributed by atoms with Crippen LogP contribution in [0.4, 0.5) is 0 Å². The minimum Gasteiger partial charge on any atom is -0.310 e. The van der Waals surface area contributed by atoms with Crippen molar-refractivity contribution in [2.24, 2.45) is 11.8 Å². The third kappa shape index (κ3) is 1.53. The molecule has 2 aliphatic rings. The van der Waals surface area contributed by atoms with Crippen molar-refractivity contribution in [1.82, 2.24) is 5.32 Å². The number of carbonyl (C=O) groups is 1. The molecule has 0 radical (unpaired) electrons. The molecule has 1 saturated heterocycles. The van der Waals surface area contributed by atoms with Crippen LogP contribution in [0, 0.1) is 11.8 Å². The van der Waals surface area contributed by atoms with E-state index in [1.54, 1.807) is 0 Å². The number of carbonyl (C=O) groups excluding carboxylic acids is 1. The van der Waals surface area contributed by atoms with E-state index >= 15 is 0 Å². The summed E-state index contributed by atoms with van der Waals surface area (Å²) in [5, 5.41) is 3.14. The van der Waals surface area contributed by atoms with Crippen LogP contribution in [0.1, 0.15) is 32.1 Å². The highest BCUT2D eigenvalue weighted by Gasteiger charge is 2.31. The minimum absolute atomic E-state index is 0.411. The molecule has 1 unspecified atom stereocenters. The molecule has 2 heteroatoms. The molecular weight excluding hydrogens is 150 g/mol. The van der Waals surface area contributed by atoms with Crippen molar-refractivity contribution in [2.45, 2.75) is 32.1 Å². The Bertz CT molecular complexity index is 173. The zero-order valence-electron chi connectivity index (χ0n) is 7.51. The fraction of sp³-hybridized carbons (Fsp3) is 0.900.